The molecule has 8 nitrogen and oxygen atoms in total. The quantitative estimate of drug-likeness (QED) is 0.134. The van der Waals surface area contributed by atoms with Gasteiger partial charge in [-0.2, -0.15) is 0 Å². The van der Waals surface area contributed by atoms with Gasteiger partial charge in [-0.05, 0) is 105 Å². The van der Waals surface area contributed by atoms with Crippen LogP contribution in [0.1, 0.15) is 219 Å². The van der Waals surface area contributed by atoms with Crippen molar-refractivity contribution in [3.05, 3.63) is 0 Å². The minimum absolute atomic E-state index is 0.00134. The highest BCUT2D eigenvalue weighted by atomic mass is 16.5. The normalized spacial score (nSPS) is 21.1. The Labute approximate surface area is 361 Å². The predicted molar refractivity (Wildman–Crippen MR) is 249 cm³/mol. The fourth-order valence-corrected chi connectivity index (χ4v) is 8.30. The summed E-state index contributed by atoms with van der Waals surface area (Å²) in [7, 11) is 4.36. The van der Waals surface area contributed by atoms with Gasteiger partial charge in [0, 0.05) is 39.0 Å². The van der Waals surface area contributed by atoms with E-state index in [1.165, 1.54) is 180 Å². The maximum atomic E-state index is 12.5. The van der Waals surface area contributed by atoms with Crippen LogP contribution in [0.5, 0.6) is 0 Å². The maximum absolute atomic E-state index is 12.5. The van der Waals surface area contributed by atoms with Gasteiger partial charge >= 0.3 is 11.9 Å². The van der Waals surface area contributed by atoms with Crippen LogP contribution in [0.4, 0.5) is 0 Å². The lowest BCUT2D eigenvalue weighted by Gasteiger charge is -2.24. The summed E-state index contributed by atoms with van der Waals surface area (Å²) in [5, 5.41) is 0. The van der Waals surface area contributed by atoms with Crippen molar-refractivity contribution < 1.29 is 19.1 Å². The Morgan fingerprint density at radius 3 is 1.03 bits per heavy atom. The van der Waals surface area contributed by atoms with E-state index in [2.05, 4.69) is 47.5 Å². The van der Waals surface area contributed by atoms with Gasteiger partial charge in [-0.1, -0.05) is 155 Å². The first-order valence-corrected chi connectivity index (χ1v) is 25.6. The molecule has 0 radical (unpaired) electrons. The molecule has 58 heavy (non-hydrogen) atoms. The van der Waals surface area contributed by atoms with E-state index in [0.29, 0.717) is 26.1 Å². The molecule has 0 aromatic heterocycles. The van der Waals surface area contributed by atoms with Crippen molar-refractivity contribution in [1.29, 1.82) is 0 Å². The molecule has 0 spiro atoms. The standard InChI is InChI=1S/C50H100N4O4/c1-5-7-9-29-39-53-41-33-25-17-11-12-18-26-34-42-54(40-30-10-8-6-2)46-48-58-50(56)36-28-22-16-14-20-24-32-38-52(44-43-51(3)4)37-31-23-19-13-15-21-27-35-49(55)57-47-45-53/h5-48H2,1-4H3. The molecule has 0 saturated carbocycles. The first-order valence-electron chi connectivity index (χ1n) is 25.6. The number of carbonyl (C=O) groups excluding carboxylic acids is 2. The highest BCUT2D eigenvalue weighted by Crippen LogP contribution is 2.14. The van der Waals surface area contributed by atoms with E-state index in [1.54, 1.807) is 0 Å². The number of ether oxygens (including phenoxy) is 2. The molecule has 0 aromatic carbocycles. The largest absolute Gasteiger partial charge is 0.464 e. The van der Waals surface area contributed by atoms with Crippen LogP contribution in [0.25, 0.3) is 0 Å². The van der Waals surface area contributed by atoms with Gasteiger partial charge in [0.1, 0.15) is 13.2 Å². The average molecular weight is 821 g/mol. The molecule has 0 amide bonds. The van der Waals surface area contributed by atoms with Crippen LogP contribution in [0.3, 0.4) is 0 Å². The topological polar surface area (TPSA) is 65.6 Å². The fourth-order valence-electron chi connectivity index (χ4n) is 8.30. The van der Waals surface area contributed by atoms with Crippen molar-refractivity contribution in [3.8, 4) is 0 Å². The van der Waals surface area contributed by atoms with Crippen LogP contribution in [-0.2, 0) is 19.1 Å². The maximum Gasteiger partial charge on any atom is 0.305 e. The van der Waals surface area contributed by atoms with E-state index in [4.69, 9.17) is 9.47 Å². The number of nitrogens with zero attached hydrogens (tertiary/aromatic N) is 4. The predicted octanol–water partition coefficient (Wildman–Crippen LogP) is 12.1. The van der Waals surface area contributed by atoms with Crippen molar-refractivity contribution in [2.75, 3.05) is 92.8 Å². The van der Waals surface area contributed by atoms with Gasteiger partial charge in [-0.15, -0.1) is 0 Å². The summed E-state index contributed by atoms with van der Waals surface area (Å²) in [6.45, 7) is 16.6. The van der Waals surface area contributed by atoms with Crippen LogP contribution >= 0.6 is 0 Å². The molecule has 0 aromatic rings. The van der Waals surface area contributed by atoms with Gasteiger partial charge < -0.3 is 19.3 Å². The summed E-state index contributed by atoms with van der Waals surface area (Å²) in [6.07, 6.45) is 38.8. The van der Waals surface area contributed by atoms with Gasteiger partial charge in [0.2, 0.25) is 0 Å². The first kappa shape index (κ1) is 54.8. The summed E-state index contributed by atoms with van der Waals surface area (Å²) < 4.78 is 11.4. The molecule has 1 rings (SSSR count). The fraction of sp³-hybridized carbons (Fsp3) is 0.960. The van der Waals surface area contributed by atoms with Gasteiger partial charge in [-0.3, -0.25) is 19.4 Å². The smallest absolute Gasteiger partial charge is 0.305 e. The third-order valence-corrected chi connectivity index (χ3v) is 12.3. The first-order chi connectivity index (χ1) is 28.4. The number of hydrogen-bond donors (Lipinski definition) is 0. The summed E-state index contributed by atoms with van der Waals surface area (Å²) in [6, 6.07) is 0. The Kier molecular flexibility index (Phi) is 40.1. The summed E-state index contributed by atoms with van der Waals surface area (Å²) in [5.74, 6) is -0.00268. The molecular weight excluding hydrogens is 721 g/mol. The number of esters is 2. The van der Waals surface area contributed by atoms with Crippen molar-refractivity contribution in [2.24, 2.45) is 0 Å². The molecule has 1 aliphatic rings. The molecule has 0 unspecified atom stereocenters. The number of carbonyl (C=O) groups is 2. The van der Waals surface area contributed by atoms with Crippen LogP contribution in [0.2, 0.25) is 0 Å². The molecule has 1 aliphatic heterocycles. The van der Waals surface area contributed by atoms with Crippen molar-refractivity contribution >= 4 is 11.9 Å². The number of unbranched alkanes of at least 4 members (excludes halogenated alkanes) is 6. The van der Waals surface area contributed by atoms with Gasteiger partial charge in [-0.25, -0.2) is 0 Å². The highest BCUT2D eigenvalue weighted by Gasteiger charge is 2.11. The van der Waals surface area contributed by atoms with E-state index < -0.39 is 0 Å². The van der Waals surface area contributed by atoms with E-state index in [-0.39, 0.29) is 11.9 Å². The van der Waals surface area contributed by atoms with E-state index in [1.807, 2.05) is 0 Å². The third-order valence-electron chi connectivity index (χ3n) is 12.3. The lowest BCUT2D eigenvalue weighted by atomic mass is 10.1. The zero-order valence-corrected chi connectivity index (χ0v) is 39.5. The van der Waals surface area contributed by atoms with Gasteiger partial charge in [0.05, 0.1) is 0 Å². The van der Waals surface area contributed by atoms with Crippen LogP contribution in [0.15, 0.2) is 0 Å². The Morgan fingerprint density at radius 1 is 0.397 bits per heavy atom. The van der Waals surface area contributed by atoms with Crippen LogP contribution in [0, 0.1) is 0 Å². The number of likely N-dealkylation sites (N-methyl/N-ethyl adjacent to an activating group) is 1. The van der Waals surface area contributed by atoms with Crippen molar-refractivity contribution in [1.82, 2.24) is 19.6 Å². The molecule has 0 atom stereocenters. The zero-order valence-electron chi connectivity index (χ0n) is 39.5. The van der Waals surface area contributed by atoms with Crippen LogP contribution < -0.4 is 0 Å². The Bertz CT molecular complexity index is 826. The minimum Gasteiger partial charge on any atom is -0.464 e. The summed E-state index contributed by atoms with van der Waals surface area (Å²) >= 11 is 0. The molecule has 1 fully saturated rings. The van der Waals surface area contributed by atoms with E-state index >= 15 is 0 Å². The average Bonchev–Trinajstić information content (AvgIpc) is 3.21. The second kappa shape index (κ2) is 42.5. The minimum atomic E-state index is -0.00134. The second-order valence-electron chi connectivity index (χ2n) is 18.2. The molecular formula is C50H100N4O4. The molecule has 1 heterocycles. The lowest BCUT2D eigenvalue weighted by molar-refractivity contribution is -0.145. The summed E-state index contributed by atoms with van der Waals surface area (Å²) in [5.41, 5.74) is 0. The molecule has 0 N–H and O–H groups in total. The highest BCUT2D eigenvalue weighted by molar-refractivity contribution is 5.69. The van der Waals surface area contributed by atoms with E-state index in [9.17, 15) is 9.59 Å². The number of cyclic esters (lactones) is 2. The molecule has 1 saturated heterocycles. The Balaban J connectivity index is 2.59. The van der Waals surface area contributed by atoms with Gasteiger partial charge in [0.15, 0.2) is 0 Å². The number of rotatable bonds is 13. The Morgan fingerprint density at radius 2 is 0.707 bits per heavy atom. The molecule has 0 bridgehead atoms. The molecule has 344 valence electrons. The Hall–Kier alpha value is -1.22. The van der Waals surface area contributed by atoms with Crippen molar-refractivity contribution in [2.45, 2.75) is 219 Å². The molecule has 0 aliphatic carbocycles. The molecule has 8 heteroatoms. The second-order valence-corrected chi connectivity index (χ2v) is 18.2. The number of hydrogen-bond acceptors (Lipinski definition) is 8. The lowest BCUT2D eigenvalue weighted by Crippen LogP contribution is -2.33. The van der Waals surface area contributed by atoms with Crippen molar-refractivity contribution in [3.63, 3.8) is 0 Å². The third kappa shape index (κ3) is 37.8. The SMILES string of the molecule is CCCCCCN1CCCCCCCCCCN(CCCCCC)CCOC(=O)CCCCCCCCCN(CCN(C)C)CCCCCCCCCC(=O)OCC1. The monoisotopic (exact) mass is 821 g/mol. The summed E-state index contributed by atoms with van der Waals surface area (Å²) in [4.78, 5) is 35.1. The van der Waals surface area contributed by atoms with E-state index in [0.717, 1.165) is 78.0 Å². The van der Waals surface area contributed by atoms with Gasteiger partial charge in [0.25, 0.3) is 0 Å². The van der Waals surface area contributed by atoms with Crippen LogP contribution in [-0.4, -0.2) is 124 Å². The zero-order chi connectivity index (χ0) is 42.0.